The van der Waals surface area contributed by atoms with Crippen molar-refractivity contribution in [1.29, 1.82) is 0 Å². The zero-order valence-corrected chi connectivity index (χ0v) is 9.18. The van der Waals surface area contributed by atoms with Gasteiger partial charge in [-0.3, -0.25) is 0 Å². The van der Waals surface area contributed by atoms with Crippen LogP contribution in [-0.2, 0) is 9.84 Å². The Kier molecular flexibility index (Phi) is 1.30. The van der Waals surface area contributed by atoms with Crippen LogP contribution < -0.4 is 0 Å². The van der Waals surface area contributed by atoms with Crippen molar-refractivity contribution in [3.8, 4) is 0 Å². The summed E-state index contributed by atoms with van der Waals surface area (Å²) in [4.78, 5) is 0. The van der Waals surface area contributed by atoms with Crippen molar-refractivity contribution < 1.29 is 12.8 Å². The molecule has 6 heteroatoms. The second-order valence-corrected chi connectivity index (χ2v) is 8.82. The maximum absolute atomic E-state index is 13.8. The molecule has 4 unspecified atom stereocenters. The fourth-order valence-electron chi connectivity index (χ4n) is 1.80. The Morgan fingerprint density at radius 2 is 2.15 bits per heavy atom. The average Bonchev–Trinajstić information content (AvgIpc) is 2.73. The second kappa shape index (κ2) is 1.97. The van der Waals surface area contributed by atoms with Crippen LogP contribution >= 0.6 is 23.5 Å². The standard InChI is InChI=1S/C7H7FO2S3/c1-13(9,10)6-3-2-4-7(8,11-4)5(6)12-6/h2-5H,1H3. The normalized spacial score (nSPS) is 56.8. The highest BCUT2D eigenvalue weighted by molar-refractivity contribution is 8.24. The predicted octanol–water partition coefficient (Wildman–Crippen LogP) is 1.19. The quantitative estimate of drug-likeness (QED) is 0.508. The fraction of sp³-hybridized carbons (Fsp3) is 0.714. The van der Waals surface area contributed by atoms with Gasteiger partial charge in [0.1, 0.15) is 0 Å². The summed E-state index contributed by atoms with van der Waals surface area (Å²) in [6.45, 7) is 0. The molecule has 72 valence electrons. The molecule has 0 aromatic carbocycles. The van der Waals surface area contributed by atoms with Gasteiger partial charge in [0.2, 0.25) is 0 Å². The number of halogens is 1. The lowest BCUT2D eigenvalue weighted by molar-refractivity contribution is 0.339. The first-order chi connectivity index (χ1) is 5.90. The lowest BCUT2D eigenvalue weighted by Gasteiger charge is -2.13. The van der Waals surface area contributed by atoms with Gasteiger partial charge in [-0.2, -0.15) is 0 Å². The van der Waals surface area contributed by atoms with Gasteiger partial charge in [0.15, 0.2) is 18.9 Å². The van der Waals surface area contributed by atoms with Crippen LogP contribution in [0.15, 0.2) is 12.2 Å². The summed E-state index contributed by atoms with van der Waals surface area (Å²) in [6, 6.07) is 0. The molecule has 0 radical (unpaired) electrons. The second-order valence-electron chi connectivity index (χ2n) is 3.59. The molecule has 0 N–H and O–H groups in total. The van der Waals surface area contributed by atoms with Crippen LogP contribution in [0.1, 0.15) is 0 Å². The third-order valence-electron chi connectivity index (χ3n) is 2.69. The first-order valence-electron chi connectivity index (χ1n) is 3.84. The van der Waals surface area contributed by atoms with Gasteiger partial charge < -0.3 is 0 Å². The van der Waals surface area contributed by atoms with Gasteiger partial charge in [0.05, 0.1) is 10.5 Å². The zero-order valence-electron chi connectivity index (χ0n) is 6.73. The topological polar surface area (TPSA) is 34.1 Å². The first-order valence-corrected chi connectivity index (χ1v) is 7.49. The number of hydrogen-bond acceptors (Lipinski definition) is 4. The Hall–Kier alpha value is 0.320. The first kappa shape index (κ1) is 8.61. The highest BCUT2D eigenvalue weighted by Crippen LogP contribution is 2.77. The maximum atomic E-state index is 13.8. The number of hydrogen-bond donors (Lipinski definition) is 0. The minimum atomic E-state index is -3.17. The van der Waals surface area contributed by atoms with E-state index in [1.54, 1.807) is 12.2 Å². The average molecular weight is 238 g/mol. The van der Waals surface area contributed by atoms with E-state index in [2.05, 4.69) is 0 Å². The van der Waals surface area contributed by atoms with Gasteiger partial charge >= 0.3 is 0 Å². The Labute approximate surface area is 84.3 Å². The molecule has 2 nitrogen and oxygen atoms in total. The summed E-state index contributed by atoms with van der Waals surface area (Å²) in [5, 5.41) is -1.75. The van der Waals surface area contributed by atoms with Crippen molar-refractivity contribution in [2.75, 3.05) is 6.26 Å². The molecule has 3 aliphatic rings. The Balaban J connectivity index is 2.10. The van der Waals surface area contributed by atoms with Crippen molar-refractivity contribution in [2.45, 2.75) is 19.6 Å². The molecule has 4 atom stereocenters. The van der Waals surface area contributed by atoms with Crippen molar-refractivity contribution >= 4 is 33.4 Å². The molecule has 1 aliphatic carbocycles. The summed E-state index contributed by atoms with van der Waals surface area (Å²) < 4.78 is 35.7. The molecule has 2 heterocycles. The molecule has 3 rings (SSSR count). The third-order valence-corrected chi connectivity index (χ3v) is 8.50. The van der Waals surface area contributed by atoms with Gasteiger partial charge in [-0.1, -0.05) is 12.2 Å². The van der Waals surface area contributed by atoms with Crippen molar-refractivity contribution in [2.24, 2.45) is 0 Å². The van der Waals surface area contributed by atoms with E-state index >= 15 is 0 Å². The van der Waals surface area contributed by atoms with Crippen LogP contribution in [0.2, 0.25) is 0 Å². The van der Waals surface area contributed by atoms with E-state index in [1.165, 1.54) is 29.8 Å². The molecular weight excluding hydrogens is 231 g/mol. The summed E-state index contributed by atoms with van der Waals surface area (Å²) in [7, 11) is -3.17. The van der Waals surface area contributed by atoms with Gasteiger partial charge in [-0.05, 0) is 0 Å². The van der Waals surface area contributed by atoms with Crippen molar-refractivity contribution in [3.63, 3.8) is 0 Å². The molecule has 0 spiro atoms. The molecule has 0 aromatic heterocycles. The minimum Gasteiger partial charge on any atom is -0.229 e. The minimum absolute atomic E-state index is 0.0950. The van der Waals surface area contributed by atoms with E-state index in [1.807, 2.05) is 0 Å². The van der Waals surface area contributed by atoms with Crippen molar-refractivity contribution in [1.82, 2.24) is 0 Å². The zero-order chi connectivity index (χ0) is 9.48. The largest absolute Gasteiger partial charge is 0.229 e. The van der Waals surface area contributed by atoms with Crippen LogP contribution in [0, 0.1) is 0 Å². The summed E-state index contributed by atoms with van der Waals surface area (Å²) >= 11 is 2.46. The summed E-state index contributed by atoms with van der Waals surface area (Å²) in [5.41, 5.74) is 0. The van der Waals surface area contributed by atoms with Crippen LogP contribution in [-0.4, -0.2) is 34.3 Å². The van der Waals surface area contributed by atoms with Gasteiger partial charge in [-0.25, -0.2) is 12.8 Å². The predicted molar refractivity (Wildman–Crippen MR) is 53.3 cm³/mol. The van der Waals surface area contributed by atoms with E-state index in [0.29, 0.717) is 0 Å². The monoisotopic (exact) mass is 238 g/mol. The van der Waals surface area contributed by atoms with E-state index in [0.717, 1.165) is 0 Å². The van der Waals surface area contributed by atoms with Gasteiger partial charge in [0, 0.05) is 6.26 Å². The van der Waals surface area contributed by atoms with Crippen LogP contribution in [0.25, 0.3) is 0 Å². The third kappa shape index (κ3) is 0.849. The number of alkyl halides is 1. The highest BCUT2D eigenvalue weighted by Gasteiger charge is 2.80. The Bertz CT molecular complexity index is 417. The van der Waals surface area contributed by atoms with E-state index in [4.69, 9.17) is 0 Å². The maximum Gasteiger partial charge on any atom is 0.186 e. The van der Waals surface area contributed by atoms with Crippen LogP contribution in [0.4, 0.5) is 4.39 Å². The van der Waals surface area contributed by atoms with E-state index < -0.39 is 18.9 Å². The number of sulfone groups is 1. The van der Waals surface area contributed by atoms with E-state index in [-0.39, 0.29) is 10.5 Å². The van der Waals surface area contributed by atoms with Crippen LogP contribution in [0.5, 0.6) is 0 Å². The van der Waals surface area contributed by atoms with E-state index in [9.17, 15) is 12.8 Å². The molecule has 2 fully saturated rings. The van der Waals surface area contributed by atoms with Gasteiger partial charge in [0.25, 0.3) is 0 Å². The van der Waals surface area contributed by atoms with Crippen molar-refractivity contribution in [3.05, 3.63) is 12.2 Å². The Morgan fingerprint density at radius 3 is 2.77 bits per heavy atom. The fourth-order valence-corrected chi connectivity index (χ4v) is 6.76. The molecule has 0 saturated carbocycles. The number of rotatable bonds is 1. The van der Waals surface area contributed by atoms with Gasteiger partial charge in [-0.15, -0.1) is 23.5 Å². The molecular formula is C7H7FO2S3. The van der Waals surface area contributed by atoms with Crippen LogP contribution in [0.3, 0.4) is 0 Å². The lowest BCUT2D eigenvalue weighted by Crippen LogP contribution is -2.33. The molecule has 2 aliphatic heterocycles. The molecule has 0 bridgehead atoms. The SMILES string of the molecule is CS(=O)(=O)C12C=CC3SC3(F)C1S2. The molecule has 13 heavy (non-hydrogen) atoms. The summed E-state index contributed by atoms with van der Waals surface area (Å²) in [6.07, 6.45) is 4.55. The number of thioether (sulfide) groups is 2. The number of fused-ring (bicyclic) bond motifs is 3. The highest BCUT2D eigenvalue weighted by atomic mass is 32.3. The molecule has 2 saturated heterocycles. The Morgan fingerprint density at radius 1 is 1.46 bits per heavy atom. The molecule has 0 aromatic rings. The molecule has 0 amide bonds. The lowest BCUT2D eigenvalue weighted by atomic mass is 10.1. The summed E-state index contributed by atoms with van der Waals surface area (Å²) in [5.74, 6) is 0. The smallest absolute Gasteiger partial charge is 0.186 e.